The summed E-state index contributed by atoms with van der Waals surface area (Å²) < 4.78 is 5.36. The first kappa shape index (κ1) is 21.2. The number of methoxy groups -OCH3 is 1. The van der Waals surface area contributed by atoms with Gasteiger partial charge in [0, 0.05) is 18.8 Å². The number of nitrogens with two attached hydrogens (primary N) is 1. The van der Waals surface area contributed by atoms with E-state index in [9.17, 15) is 5.26 Å². The fourth-order valence-corrected chi connectivity index (χ4v) is 3.54. The van der Waals surface area contributed by atoms with Gasteiger partial charge in [-0.2, -0.15) is 5.26 Å². The zero-order chi connectivity index (χ0) is 19.5. The van der Waals surface area contributed by atoms with Crippen molar-refractivity contribution >= 4 is 12.6 Å². The minimum Gasteiger partial charge on any atom is -0.496 e. The Bertz CT molecular complexity index is 702. The number of rotatable bonds is 9. The maximum Gasteiger partial charge on any atom is 0.122 e. The summed E-state index contributed by atoms with van der Waals surface area (Å²) >= 11 is 4.45. The molecule has 27 heavy (non-hydrogen) atoms. The number of aryl methyl sites for hydroxylation is 1. The summed E-state index contributed by atoms with van der Waals surface area (Å²) in [5.41, 5.74) is 8.11. The van der Waals surface area contributed by atoms with Crippen LogP contribution in [0.3, 0.4) is 0 Å². The first-order valence-electron chi connectivity index (χ1n) is 9.53. The Labute approximate surface area is 168 Å². The molecule has 1 aromatic rings. The third-order valence-electron chi connectivity index (χ3n) is 4.78. The van der Waals surface area contributed by atoms with Gasteiger partial charge >= 0.3 is 0 Å². The predicted molar refractivity (Wildman–Crippen MR) is 114 cm³/mol. The minimum atomic E-state index is 0.400. The van der Waals surface area contributed by atoms with Crippen LogP contribution in [0.2, 0.25) is 0 Å². The van der Waals surface area contributed by atoms with Gasteiger partial charge in [-0.3, -0.25) is 0 Å². The molecule has 1 aliphatic rings. The summed E-state index contributed by atoms with van der Waals surface area (Å²) in [5, 5.41) is 13.2. The lowest BCUT2D eigenvalue weighted by molar-refractivity contribution is 0.231. The lowest BCUT2D eigenvalue weighted by atomic mass is 10.1. The van der Waals surface area contributed by atoms with Crippen molar-refractivity contribution in [3.05, 3.63) is 52.2 Å². The molecule has 146 valence electrons. The van der Waals surface area contributed by atoms with E-state index in [1.807, 2.05) is 30.3 Å². The maximum atomic E-state index is 9.47. The van der Waals surface area contributed by atoms with Gasteiger partial charge in [-0.25, -0.2) is 0 Å². The molecule has 0 spiro atoms. The second-order valence-electron chi connectivity index (χ2n) is 6.67. The highest BCUT2D eigenvalue weighted by Crippen LogP contribution is 2.20. The van der Waals surface area contributed by atoms with E-state index >= 15 is 0 Å². The molecule has 1 aliphatic heterocycles. The van der Waals surface area contributed by atoms with E-state index in [-0.39, 0.29) is 0 Å². The number of ether oxygens (including phenoxy) is 1. The lowest BCUT2D eigenvalue weighted by Crippen LogP contribution is -2.35. The van der Waals surface area contributed by atoms with Crippen LogP contribution in [0.5, 0.6) is 5.75 Å². The first-order chi connectivity index (χ1) is 13.2. The van der Waals surface area contributed by atoms with E-state index < -0.39 is 0 Å². The number of benzene rings is 1. The number of hydrogen-bond acceptors (Lipinski definition) is 6. The molecule has 3 N–H and O–H groups in total. The molecule has 5 nitrogen and oxygen atoms in total. The van der Waals surface area contributed by atoms with Gasteiger partial charge in [0.15, 0.2) is 0 Å². The van der Waals surface area contributed by atoms with Crippen LogP contribution in [0.4, 0.5) is 0 Å². The smallest absolute Gasteiger partial charge is 0.122 e. The van der Waals surface area contributed by atoms with Crippen molar-refractivity contribution in [2.45, 2.75) is 32.1 Å². The fraction of sp³-hybridized carbons (Fsp3) is 0.476. The molecule has 0 saturated carbocycles. The average molecular weight is 387 g/mol. The highest BCUT2D eigenvalue weighted by Gasteiger charge is 2.10. The number of nitrogens with zero attached hydrogens (tertiary/aromatic N) is 2. The molecular weight excluding hydrogens is 356 g/mol. The summed E-state index contributed by atoms with van der Waals surface area (Å²) in [6.07, 6.45) is 7.29. The van der Waals surface area contributed by atoms with Gasteiger partial charge in [0.2, 0.25) is 0 Å². The molecule has 0 bridgehead atoms. The van der Waals surface area contributed by atoms with Crippen LogP contribution in [0.1, 0.15) is 31.2 Å². The number of hydrogen-bond donors (Lipinski definition) is 3. The Morgan fingerprint density at radius 3 is 2.78 bits per heavy atom. The van der Waals surface area contributed by atoms with Crippen molar-refractivity contribution in [3.63, 3.8) is 0 Å². The molecule has 0 aromatic heterocycles. The van der Waals surface area contributed by atoms with Crippen molar-refractivity contribution < 1.29 is 4.74 Å². The van der Waals surface area contributed by atoms with Gasteiger partial charge in [0.25, 0.3) is 0 Å². The Morgan fingerprint density at radius 1 is 1.33 bits per heavy atom. The normalized spacial score (nSPS) is 16.4. The van der Waals surface area contributed by atoms with Crippen molar-refractivity contribution in [2.75, 3.05) is 33.3 Å². The average Bonchev–Trinajstić information content (AvgIpc) is 2.69. The highest BCUT2D eigenvalue weighted by atomic mass is 32.1. The minimum absolute atomic E-state index is 0.400. The van der Waals surface area contributed by atoms with E-state index in [0.29, 0.717) is 16.3 Å². The summed E-state index contributed by atoms with van der Waals surface area (Å²) in [5.74, 6) is 0.870. The number of nitriles is 1. The molecule has 6 heteroatoms. The standard InChI is InChI=1S/C21H30N4OS/c1-26-20-11-4-3-8-17(20)9-7-10-19(23)18(16-22)21(27)24-12-15-25-13-5-2-6-14-25/h3-4,8,10-11,24,27H,2,5-7,9,12-15,23H2,1H3/b19-10-,21-18-. The third kappa shape index (κ3) is 6.85. The zero-order valence-corrected chi connectivity index (χ0v) is 17.0. The Morgan fingerprint density at radius 2 is 2.07 bits per heavy atom. The van der Waals surface area contributed by atoms with Gasteiger partial charge in [-0.05, 0) is 50.4 Å². The molecule has 0 radical (unpaired) electrons. The van der Waals surface area contributed by atoms with E-state index in [1.165, 1.54) is 19.3 Å². The molecular formula is C21H30N4OS. The van der Waals surface area contributed by atoms with Crippen LogP contribution in [0.25, 0.3) is 0 Å². The predicted octanol–water partition coefficient (Wildman–Crippen LogP) is 3.21. The Hall–Kier alpha value is -2.10. The highest BCUT2D eigenvalue weighted by molar-refractivity contribution is 7.84. The molecule has 1 heterocycles. The molecule has 0 atom stereocenters. The van der Waals surface area contributed by atoms with Crippen LogP contribution in [-0.4, -0.2) is 38.2 Å². The quantitative estimate of drug-likeness (QED) is 0.345. The van der Waals surface area contributed by atoms with Crippen LogP contribution >= 0.6 is 12.6 Å². The summed E-state index contributed by atoms with van der Waals surface area (Å²) in [6, 6.07) is 10.1. The van der Waals surface area contributed by atoms with Crippen LogP contribution in [0.15, 0.2) is 46.6 Å². The lowest BCUT2D eigenvalue weighted by Gasteiger charge is -2.26. The monoisotopic (exact) mass is 386 g/mol. The van der Waals surface area contributed by atoms with Crippen molar-refractivity contribution in [1.82, 2.24) is 10.2 Å². The van der Waals surface area contributed by atoms with Gasteiger partial charge in [-0.15, -0.1) is 12.6 Å². The third-order valence-corrected chi connectivity index (χ3v) is 5.16. The Balaban J connectivity index is 1.88. The molecule has 1 fully saturated rings. The molecule has 0 aliphatic carbocycles. The second kappa shape index (κ2) is 11.6. The largest absolute Gasteiger partial charge is 0.496 e. The number of nitrogens with one attached hydrogen (secondary N) is 1. The molecule has 0 unspecified atom stereocenters. The van der Waals surface area contributed by atoms with Crippen molar-refractivity contribution in [3.8, 4) is 11.8 Å². The van der Waals surface area contributed by atoms with Crippen LogP contribution in [-0.2, 0) is 6.42 Å². The number of piperidine rings is 1. The van der Waals surface area contributed by atoms with Gasteiger partial charge in [0.05, 0.1) is 12.1 Å². The maximum absolute atomic E-state index is 9.47. The van der Waals surface area contributed by atoms with Crippen LogP contribution < -0.4 is 15.8 Å². The zero-order valence-electron chi connectivity index (χ0n) is 16.1. The van der Waals surface area contributed by atoms with E-state index in [1.54, 1.807) is 7.11 Å². The van der Waals surface area contributed by atoms with Crippen molar-refractivity contribution in [1.29, 1.82) is 5.26 Å². The second-order valence-corrected chi connectivity index (χ2v) is 7.12. The van der Waals surface area contributed by atoms with Gasteiger partial charge < -0.3 is 20.7 Å². The molecule has 1 aromatic carbocycles. The van der Waals surface area contributed by atoms with Crippen molar-refractivity contribution in [2.24, 2.45) is 5.73 Å². The number of para-hydroxylation sites is 1. The van der Waals surface area contributed by atoms with E-state index in [2.05, 4.69) is 28.9 Å². The van der Waals surface area contributed by atoms with Gasteiger partial charge in [-0.1, -0.05) is 30.7 Å². The SMILES string of the molecule is COc1ccccc1CC/C=C(N)/C(C#N)=C(\S)NCCN1CCCCC1. The van der Waals surface area contributed by atoms with E-state index in [4.69, 9.17) is 10.5 Å². The molecule has 1 saturated heterocycles. The summed E-state index contributed by atoms with van der Waals surface area (Å²) in [7, 11) is 1.67. The number of thiol groups is 1. The number of allylic oxidation sites excluding steroid dienone is 2. The van der Waals surface area contributed by atoms with Crippen LogP contribution in [0, 0.1) is 11.3 Å². The van der Waals surface area contributed by atoms with E-state index in [0.717, 1.165) is 50.3 Å². The number of likely N-dealkylation sites (tertiary alicyclic amines) is 1. The topological polar surface area (TPSA) is 74.3 Å². The first-order valence-corrected chi connectivity index (χ1v) is 9.98. The molecule has 2 rings (SSSR count). The van der Waals surface area contributed by atoms with Gasteiger partial charge in [0.1, 0.15) is 17.4 Å². The molecule has 0 amide bonds. The summed E-state index contributed by atoms with van der Waals surface area (Å²) in [6.45, 7) is 4.03. The Kier molecular flexibility index (Phi) is 9.09. The fourth-order valence-electron chi connectivity index (χ4n) is 3.25. The summed E-state index contributed by atoms with van der Waals surface area (Å²) in [4.78, 5) is 2.44.